The van der Waals surface area contributed by atoms with E-state index in [1.807, 2.05) is 21.7 Å². The molecule has 7 rings (SSSR count). The second kappa shape index (κ2) is 9.58. The monoisotopic (exact) mass is 601 g/mol. The Hall–Kier alpha value is -3.99. The van der Waals surface area contributed by atoms with Gasteiger partial charge in [0.05, 0.1) is 34.8 Å². The number of aromatic nitrogens is 5. The molecule has 3 aromatic heterocycles. The number of aromatic amines is 1. The van der Waals surface area contributed by atoms with E-state index in [0.717, 1.165) is 35.4 Å². The summed E-state index contributed by atoms with van der Waals surface area (Å²) in [4.78, 5) is 42.2. The Morgan fingerprint density at radius 2 is 2.02 bits per heavy atom. The Labute approximate surface area is 238 Å². The van der Waals surface area contributed by atoms with Crippen LogP contribution in [-0.2, 0) is 17.6 Å². The summed E-state index contributed by atoms with van der Waals surface area (Å²) >= 11 is 3.42. The zero-order valence-corrected chi connectivity index (χ0v) is 23.4. The minimum absolute atomic E-state index is 0.179. The minimum Gasteiger partial charge on any atom is -0.506 e. The predicted octanol–water partition coefficient (Wildman–Crippen LogP) is 4.19. The van der Waals surface area contributed by atoms with Crippen LogP contribution in [0.2, 0.25) is 0 Å². The molecule has 0 saturated heterocycles. The number of hydrogen-bond donors (Lipinski definition) is 2. The van der Waals surface area contributed by atoms with Gasteiger partial charge in [0.2, 0.25) is 5.91 Å². The van der Waals surface area contributed by atoms with E-state index in [9.17, 15) is 14.7 Å². The third-order valence-corrected chi connectivity index (χ3v) is 9.20. The van der Waals surface area contributed by atoms with E-state index in [0.29, 0.717) is 65.3 Å². The lowest BCUT2D eigenvalue weighted by molar-refractivity contribution is -0.126. The first kappa shape index (κ1) is 25.0. The molecule has 2 N–H and O–H groups in total. The number of carbonyl (C=O) groups is 2. The number of benzene rings is 1. The first-order valence-corrected chi connectivity index (χ1v) is 14.4. The summed E-state index contributed by atoms with van der Waals surface area (Å²) in [7, 11) is 0. The molecule has 1 atom stereocenters. The van der Waals surface area contributed by atoms with Crippen molar-refractivity contribution in [1.82, 2.24) is 34.5 Å². The van der Waals surface area contributed by atoms with E-state index in [-0.39, 0.29) is 17.6 Å². The number of amides is 2. The third kappa shape index (κ3) is 3.86. The number of nitrogens with one attached hydrogen (secondary N) is 1. The molecule has 0 bridgehead atoms. The number of phenolic OH excluding ortho intramolecular Hbond substituents is 1. The van der Waals surface area contributed by atoms with Crippen molar-refractivity contribution in [2.24, 2.45) is 0 Å². The molecule has 1 aromatic carbocycles. The average Bonchev–Trinajstić information content (AvgIpc) is 3.51. The molecule has 5 heterocycles. The van der Waals surface area contributed by atoms with Gasteiger partial charge < -0.3 is 19.9 Å². The molecule has 1 fully saturated rings. The molecule has 3 aliphatic rings. The van der Waals surface area contributed by atoms with E-state index in [2.05, 4.69) is 43.5 Å². The Morgan fingerprint density at radius 1 is 1.18 bits per heavy atom. The van der Waals surface area contributed by atoms with Gasteiger partial charge in [-0.15, -0.1) is 0 Å². The molecule has 0 unspecified atom stereocenters. The van der Waals surface area contributed by atoms with E-state index < -0.39 is 6.04 Å². The van der Waals surface area contributed by atoms with Crippen LogP contribution in [0.5, 0.6) is 5.75 Å². The van der Waals surface area contributed by atoms with E-state index in [1.54, 1.807) is 17.4 Å². The topological polar surface area (TPSA) is 120 Å². The molecule has 4 aromatic rings. The van der Waals surface area contributed by atoms with Crippen molar-refractivity contribution in [3.8, 4) is 11.4 Å². The Kier molecular flexibility index (Phi) is 5.99. The van der Waals surface area contributed by atoms with Crippen molar-refractivity contribution in [2.45, 2.75) is 44.1 Å². The molecule has 1 aliphatic carbocycles. The van der Waals surface area contributed by atoms with Gasteiger partial charge in [-0.3, -0.25) is 9.59 Å². The van der Waals surface area contributed by atoms with Gasteiger partial charge in [0, 0.05) is 44.2 Å². The Bertz CT molecular complexity index is 1690. The molecule has 1 saturated carbocycles. The molecule has 11 heteroatoms. The summed E-state index contributed by atoms with van der Waals surface area (Å²) in [6.45, 7) is 4.87. The quantitative estimate of drug-likeness (QED) is 0.267. The highest BCUT2D eigenvalue weighted by atomic mass is 79.9. The fraction of sp³-hybridized carbons (Fsp3) is 0.345. The van der Waals surface area contributed by atoms with Crippen molar-refractivity contribution < 1.29 is 14.7 Å². The molecule has 204 valence electrons. The maximum absolute atomic E-state index is 14.1. The van der Waals surface area contributed by atoms with Gasteiger partial charge in [0.15, 0.2) is 0 Å². The van der Waals surface area contributed by atoms with E-state index >= 15 is 0 Å². The fourth-order valence-electron chi connectivity index (χ4n) is 6.29. The van der Waals surface area contributed by atoms with Crippen molar-refractivity contribution in [3.63, 3.8) is 0 Å². The van der Waals surface area contributed by atoms with Gasteiger partial charge in [0.25, 0.3) is 5.91 Å². The number of imidazole rings is 1. The number of aromatic hydroxyl groups is 1. The van der Waals surface area contributed by atoms with E-state index in [4.69, 9.17) is 5.10 Å². The number of carbonyl (C=O) groups excluding carboxylic acids is 2. The summed E-state index contributed by atoms with van der Waals surface area (Å²) in [5.41, 5.74) is 6.13. The van der Waals surface area contributed by atoms with Gasteiger partial charge in [-0.25, -0.2) is 14.6 Å². The van der Waals surface area contributed by atoms with Crippen LogP contribution in [0.15, 0.2) is 48.0 Å². The van der Waals surface area contributed by atoms with Gasteiger partial charge >= 0.3 is 0 Å². The standard InChI is InChI=1S/C29H28BrN7O3/c1-2-24(39)35-10-8-19-25-21(37(34-19)20-7-6-17(12-23(20)38)16-4-3-5-16)9-11-36(22(25)14-35)29(40)18-13-31-28(30)27-26(18)32-15-33-27/h2,6-7,12-13,15-16,22,38H,1,3-5,8-11,14H2,(H,32,33)/t22-/m0/s1. The van der Waals surface area contributed by atoms with Crippen LogP contribution in [0, 0.1) is 0 Å². The molecule has 2 amide bonds. The van der Waals surface area contributed by atoms with Crippen LogP contribution in [0.3, 0.4) is 0 Å². The molecular formula is C29H28BrN7O3. The highest BCUT2D eigenvalue weighted by Crippen LogP contribution is 2.41. The van der Waals surface area contributed by atoms with E-state index in [1.165, 1.54) is 12.5 Å². The Morgan fingerprint density at radius 3 is 2.77 bits per heavy atom. The highest BCUT2D eigenvalue weighted by molar-refractivity contribution is 9.10. The van der Waals surface area contributed by atoms with Gasteiger partial charge in [-0.1, -0.05) is 19.1 Å². The van der Waals surface area contributed by atoms with Crippen LogP contribution in [0.4, 0.5) is 0 Å². The first-order chi connectivity index (χ1) is 19.4. The number of halogens is 1. The van der Waals surface area contributed by atoms with Crippen molar-refractivity contribution >= 4 is 38.8 Å². The minimum atomic E-state index is -0.416. The van der Waals surface area contributed by atoms with Crippen molar-refractivity contribution in [1.29, 1.82) is 0 Å². The van der Waals surface area contributed by atoms with Crippen LogP contribution >= 0.6 is 15.9 Å². The van der Waals surface area contributed by atoms with Crippen molar-refractivity contribution in [2.75, 3.05) is 19.6 Å². The van der Waals surface area contributed by atoms with Crippen LogP contribution < -0.4 is 0 Å². The zero-order chi connectivity index (χ0) is 27.5. The number of fused-ring (bicyclic) bond motifs is 1. The molecular weight excluding hydrogens is 574 g/mol. The second-order valence-corrected chi connectivity index (χ2v) is 11.4. The molecule has 2 aliphatic heterocycles. The van der Waals surface area contributed by atoms with Gasteiger partial charge in [-0.2, -0.15) is 5.10 Å². The number of hydrogen-bond acceptors (Lipinski definition) is 6. The summed E-state index contributed by atoms with van der Waals surface area (Å²) in [5, 5.41) is 16.0. The summed E-state index contributed by atoms with van der Waals surface area (Å²) in [6, 6.07) is 5.50. The first-order valence-electron chi connectivity index (χ1n) is 13.6. The van der Waals surface area contributed by atoms with Crippen LogP contribution in [0.25, 0.3) is 16.7 Å². The number of phenols is 1. The Balaban J connectivity index is 1.31. The molecule has 10 nitrogen and oxygen atoms in total. The number of rotatable bonds is 4. The third-order valence-electron chi connectivity index (χ3n) is 8.60. The predicted molar refractivity (Wildman–Crippen MR) is 151 cm³/mol. The number of nitrogens with zero attached hydrogens (tertiary/aromatic N) is 6. The number of H-pyrrole nitrogens is 1. The van der Waals surface area contributed by atoms with Crippen LogP contribution in [-0.4, -0.2) is 71.1 Å². The smallest absolute Gasteiger partial charge is 0.258 e. The lowest BCUT2D eigenvalue weighted by Gasteiger charge is -2.37. The van der Waals surface area contributed by atoms with Crippen molar-refractivity contribution in [3.05, 3.63) is 76.1 Å². The lowest BCUT2D eigenvalue weighted by atomic mass is 9.80. The SMILES string of the molecule is C=CC(=O)N1CCc2nn(-c3ccc(C4CCC4)cc3O)c3c2[C@H](C1)N(C(=O)c1cnc(Br)c2[nH]cnc12)CC3. The lowest BCUT2D eigenvalue weighted by Crippen LogP contribution is -2.46. The highest BCUT2D eigenvalue weighted by Gasteiger charge is 2.41. The molecule has 40 heavy (non-hydrogen) atoms. The summed E-state index contributed by atoms with van der Waals surface area (Å²) in [5.74, 6) is 0.339. The van der Waals surface area contributed by atoms with Gasteiger partial charge in [-0.05, 0) is 58.5 Å². The zero-order valence-electron chi connectivity index (χ0n) is 21.8. The normalized spacial score (nSPS) is 18.8. The maximum atomic E-state index is 14.1. The average molecular weight is 602 g/mol. The second-order valence-electron chi connectivity index (χ2n) is 10.7. The summed E-state index contributed by atoms with van der Waals surface area (Å²) < 4.78 is 2.43. The molecule has 0 radical (unpaired) electrons. The fourth-order valence-corrected chi connectivity index (χ4v) is 6.70. The maximum Gasteiger partial charge on any atom is 0.258 e. The van der Waals surface area contributed by atoms with Gasteiger partial charge in [0.1, 0.15) is 21.6 Å². The van der Waals surface area contributed by atoms with Crippen LogP contribution in [0.1, 0.15) is 64.1 Å². The largest absolute Gasteiger partial charge is 0.506 e. The molecule has 0 spiro atoms. The number of pyridine rings is 1. The summed E-state index contributed by atoms with van der Waals surface area (Å²) in [6.07, 6.45) is 9.04.